The van der Waals surface area contributed by atoms with Gasteiger partial charge in [-0.05, 0) is 34.6 Å². The molecule has 0 spiro atoms. The predicted molar refractivity (Wildman–Crippen MR) is 108 cm³/mol. The Labute approximate surface area is 155 Å². The van der Waals surface area contributed by atoms with Crippen molar-refractivity contribution in [3.05, 3.63) is 58.9 Å². The zero-order valence-electron chi connectivity index (χ0n) is 16.4. The first-order chi connectivity index (χ1) is 12.0. The summed E-state index contributed by atoms with van der Waals surface area (Å²) >= 11 is 0. The molecule has 2 aromatic rings. The van der Waals surface area contributed by atoms with E-state index in [9.17, 15) is 5.11 Å². The number of amidine groups is 1. The van der Waals surface area contributed by atoms with Crippen LogP contribution in [0.15, 0.2) is 46.9 Å². The maximum Gasteiger partial charge on any atom is 0.153 e. The second-order valence-corrected chi connectivity index (χ2v) is 8.43. The number of benzene rings is 1. The van der Waals surface area contributed by atoms with E-state index < -0.39 is 0 Å². The highest BCUT2D eigenvalue weighted by molar-refractivity contribution is 5.97. The van der Waals surface area contributed by atoms with Crippen molar-refractivity contribution in [1.82, 2.24) is 4.98 Å². The highest BCUT2D eigenvalue weighted by Crippen LogP contribution is 2.37. The minimum atomic E-state index is -0.187. The molecule has 0 aliphatic rings. The van der Waals surface area contributed by atoms with Gasteiger partial charge in [-0.3, -0.25) is 4.98 Å². The van der Waals surface area contributed by atoms with E-state index >= 15 is 0 Å². The molecule has 0 bridgehead atoms. The van der Waals surface area contributed by atoms with Gasteiger partial charge in [-0.1, -0.05) is 47.6 Å². The number of hydrogen-bond donors (Lipinski definition) is 2. The number of hydrogen-bond acceptors (Lipinski definition) is 4. The summed E-state index contributed by atoms with van der Waals surface area (Å²) in [5.41, 5.74) is 9.11. The maximum absolute atomic E-state index is 10.7. The van der Waals surface area contributed by atoms with Crippen LogP contribution in [0.25, 0.3) is 0 Å². The lowest BCUT2D eigenvalue weighted by molar-refractivity contribution is 0.444. The lowest BCUT2D eigenvalue weighted by atomic mass is 9.79. The number of nitrogens with zero attached hydrogens (tertiary/aromatic N) is 3. The molecule has 0 fully saturated rings. The number of phenols is 1. The van der Waals surface area contributed by atoms with Crippen LogP contribution in [0, 0.1) is 0 Å². The molecule has 0 amide bonds. The fourth-order valence-electron chi connectivity index (χ4n) is 2.49. The average molecular weight is 352 g/mol. The Bertz CT molecular complexity index is 826. The van der Waals surface area contributed by atoms with Crippen LogP contribution in [0.2, 0.25) is 0 Å². The molecule has 1 aromatic heterocycles. The first kappa shape index (κ1) is 19.6. The van der Waals surface area contributed by atoms with Crippen LogP contribution in [0.1, 0.15) is 63.8 Å². The quantitative estimate of drug-likeness (QED) is 0.495. The molecular weight excluding hydrogens is 324 g/mol. The van der Waals surface area contributed by atoms with Crippen LogP contribution in [0.5, 0.6) is 5.75 Å². The van der Waals surface area contributed by atoms with E-state index in [0.29, 0.717) is 11.4 Å². The summed E-state index contributed by atoms with van der Waals surface area (Å²) in [6, 6.07) is 7.56. The summed E-state index contributed by atoms with van der Waals surface area (Å²) in [7, 11) is 0. The fourth-order valence-corrected chi connectivity index (χ4v) is 2.49. The maximum atomic E-state index is 10.7. The van der Waals surface area contributed by atoms with Crippen molar-refractivity contribution in [2.75, 3.05) is 0 Å². The lowest BCUT2D eigenvalue weighted by Crippen LogP contribution is -2.17. The van der Waals surface area contributed by atoms with E-state index in [1.165, 1.54) is 0 Å². The van der Waals surface area contributed by atoms with Gasteiger partial charge in [0.05, 0.1) is 6.21 Å². The van der Waals surface area contributed by atoms with Crippen molar-refractivity contribution in [2.45, 2.75) is 52.4 Å². The number of phenolic OH excluding ortho intramolecular Hbond substituents is 1. The summed E-state index contributed by atoms with van der Waals surface area (Å²) < 4.78 is 0. The molecule has 1 aromatic carbocycles. The Morgan fingerprint density at radius 1 is 1.04 bits per heavy atom. The van der Waals surface area contributed by atoms with Crippen LogP contribution in [-0.4, -0.2) is 22.1 Å². The number of rotatable bonds is 3. The lowest BCUT2D eigenvalue weighted by Gasteiger charge is -2.26. The SMILES string of the molecule is CC(C)(C)c1cc(/C=N/N=C(\N)c2ccncc2)c(O)c(C(C)(C)C)c1. The smallest absolute Gasteiger partial charge is 0.153 e. The number of pyridine rings is 1. The van der Waals surface area contributed by atoms with Crippen LogP contribution in [0.3, 0.4) is 0 Å². The summed E-state index contributed by atoms with van der Waals surface area (Å²) in [5, 5.41) is 18.8. The molecular formula is C21H28N4O. The van der Waals surface area contributed by atoms with Crippen molar-refractivity contribution in [2.24, 2.45) is 15.9 Å². The molecule has 2 rings (SSSR count). The third-order valence-electron chi connectivity index (χ3n) is 4.15. The van der Waals surface area contributed by atoms with Crippen molar-refractivity contribution < 1.29 is 5.11 Å². The van der Waals surface area contributed by atoms with Crippen LogP contribution < -0.4 is 5.73 Å². The minimum absolute atomic E-state index is 0.0460. The third-order valence-corrected chi connectivity index (χ3v) is 4.15. The van der Waals surface area contributed by atoms with Crippen molar-refractivity contribution in [1.29, 1.82) is 0 Å². The standard InChI is InChI=1S/C21H28N4O/c1-20(2,3)16-11-15(18(26)17(12-16)21(4,5)6)13-24-25-19(22)14-7-9-23-10-8-14/h7-13,26H,1-6H3,(H2,22,25)/b24-13+. The molecule has 3 N–H and O–H groups in total. The Balaban J connectivity index is 2.45. The van der Waals surface area contributed by atoms with E-state index in [4.69, 9.17) is 5.73 Å². The molecule has 0 aliphatic carbocycles. The third kappa shape index (κ3) is 4.69. The summed E-state index contributed by atoms with van der Waals surface area (Å²) in [6.45, 7) is 12.7. The van der Waals surface area contributed by atoms with Gasteiger partial charge in [0.25, 0.3) is 0 Å². The predicted octanol–water partition coefficient (Wildman–Crippen LogP) is 4.12. The zero-order valence-corrected chi connectivity index (χ0v) is 16.4. The molecule has 0 unspecified atom stereocenters. The van der Waals surface area contributed by atoms with Gasteiger partial charge < -0.3 is 10.8 Å². The van der Waals surface area contributed by atoms with E-state index in [0.717, 1.165) is 16.7 Å². The zero-order chi connectivity index (χ0) is 19.5. The van der Waals surface area contributed by atoms with E-state index in [2.05, 4.69) is 62.8 Å². The van der Waals surface area contributed by atoms with Crippen LogP contribution >= 0.6 is 0 Å². The van der Waals surface area contributed by atoms with E-state index in [1.54, 1.807) is 30.7 Å². The molecule has 0 atom stereocenters. The minimum Gasteiger partial charge on any atom is -0.507 e. The first-order valence-electron chi connectivity index (χ1n) is 8.65. The number of aromatic nitrogens is 1. The van der Waals surface area contributed by atoms with Crippen molar-refractivity contribution in [3.8, 4) is 5.75 Å². The molecule has 0 saturated heterocycles. The Kier molecular flexibility index (Phi) is 5.50. The normalized spacial score (nSPS) is 13.4. The molecule has 0 saturated carbocycles. The van der Waals surface area contributed by atoms with Gasteiger partial charge in [0.2, 0.25) is 0 Å². The van der Waals surface area contributed by atoms with E-state index in [-0.39, 0.29) is 16.6 Å². The number of aromatic hydroxyl groups is 1. The van der Waals surface area contributed by atoms with Crippen LogP contribution in [0.4, 0.5) is 0 Å². The largest absolute Gasteiger partial charge is 0.507 e. The summed E-state index contributed by atoms with van der Waals surface area (Å²) in [5.74, 6) is 0.526. The van der Waals surface area contributed by atoms with Crippen molar-refractivity contribution in [3.63, 3.8) is 0 Å². The molecule has 0 aliphatic heterocycles. The Hall–Kier alpha value is -2.69. The van der Waals surface area contributed by atoms with Crippen LogP contribution in [-0.2, 0) is 10.8 Å². The molecule has 138 valence electrons. The molecule has 26 heavy (non-hydrogen) atoms. The van der Waals surface area contributed by atoms with Gasteiger partial charge in [0.15, 0.2) is 5.84 Å². The monoisotopic (exact) mass is 352 g/mol. The van der Waals surface area contributed by atoms with Gasteiger partial charge in [-0.2, -0.15) is 5.10 Å². The van der Waals surface area contributed by atoms with Crippen molar-refractivity contribution >= 4 is 12.1 Å². The van der Waals surface area contributed by atoms with Gasteiger partial charge in [0.1, 0.15) is 5.75 Å². The van der Waals surface area contributed by atoms with Gasteiger partial charge in [0, 0.05) is 29.1 Å². The first-order valence-corrected chi connectivity index (χ1v) is 8.65. The summed E-state index contributed by atoms with van der Waals surface area (Å²) in [4.78, 5) is 3.95. The summed E-state index contributed by atoms with van der Waals surface area (Å²) in [6.07, 6.45) is 4.85. The number of nitrogens with two attached hydrogens (primary N) is 1. The molecule has 5 nitrogen and oxygen atoms in total. The van der Waals surface area contributed by atoms with Gasteiger partial charge in [-0.25, -0.2) is 0 Å². The Morgan fingerprint density at radius 3 is 2.19 bits per heavy atom. The highest BCUT2D eigenvalue weighted by Gasteiger charge is 2.24. The second-order valence-electron chi connectivity index (χ2n) is 8.43. The molecule has 0 radical (unpaired) electrons. The van der Waals surface area contributed by atoms with Gasteiger partial charge in [-0.15, -0.1) is 5.10 Å². The van der Waals surface area contributed by atoms with Gasteiger partial charge >= 0.3 is 0 Å². The Morgan fingerprint density at radius 2 is 1.65 bits per heavy atom. The highest BCUT2D eigenvalue weighted by atomic mass is 16.3. The van der Waals surface area contributed by atoms with E-state index in [1.807, 2.05) is 6.07 Å². The topological polar surface area (TPSA) is 83.9 Å². The molecule has 1 heterocycles. The fraction of sp³-hybridized carbons (Fsp3) is 0.381. The average Bonchev–Trinajstić information content (AvgIpc) is 2.55. The second kappa shape index (κ2) is 7.28. The molecule has 5 heteroatoms.